The number of anilines is 1. The molecule has 2 amide bonds. The molecule has 138 valence electrons. The first-order valence-corrected chi connectivity index (χ1v) is 8.69. The summed E-state index contributed by atoms with van der Waals surface area (Å²) in [4.78, 5) is 24.0. The van der Waals surface area contributed by atoms with Crippen molar-refractivity contribution in [2.24, 2.45) is 0 Å². The van der Waals surface area contributed by atoms with Gasteiger partial charge in [-0.3, -0.25) is 9.59 Å². The minimum Gasteiger partial charge on any atom is -0.506 e. The Bertz CT molecular complexity index is 765. The van der Waals surface area contributed by atoms with Crippen LogP contribution in [0.1, 0.15) is 38.3 Å². The third kappa shape index (κ3) is 5.92. The van der Waals surface area contributed by atoms with Crippen LogP contribution in [0.15, 0.2) is 48.5 Å². The minimum absolute atomic E-state index is 0.0273. The maximum Gasteiger partial charge on any atom is 0.226 e. The molecule has 5 nitrogen and oxygen atoms in total. The quantitative estimate of drug-likeness (QED) is 0.696. The zero-order valence-electron chi connectivity index (χ0n) is 15.5. The summed E-state index contributed by atoms with van der Waals surface area (Å²) >= 11 is 0. The Balaban J connectivity index is 1.83. The van der Waals surface area contributed by atoms with Gasteiger partial charge in [0.1, 0.15) is 5.75 Å². The third-order valence-corrected chi connectivity index (χ3v) is 4.02. The first-order chi connectivity index (χ1) is 12.3. The maximum absolute atomic E-state index is 12.1. The molecule has 0 heterocycles. The second-order valence-corrected chi connectivity index (χ2v) is 7.29. The normalized spacial score (nSPS) is 11.0. The highest BCUT2D eigenvalue weighted by atomic mass is 16.3. The van der Waals surface area contributed by atoms with E-state index in [1.807, 2.05) is 36.4 Å². The summed E-state index contributed by atoms with van der Waals surface area (Å²) in [5.74, 6) is -0.354. The van der Waals surface area contributed by atoms with E-state index in [1.165, 1.54) is 0 Å². The highest BCUT2D eigenvalue weighted by Gasteiger charge is 2.16. The van der Waals surface area contributed by atoms with Crippen molar-refractivity contribution in [3.63, 3.8) is 0 Å². The molecule has 0 radical (unpaired) electrons. The summed E-state index contributed by atoms with van der Waals surface area (Å²) < 4.78 is 0. The van der Waals surface area contributed by atoms with Gasteiger partial charge in [0.25, 0.3) is 0 Å². The molecule has 0 bridgehead atoms. The fraction of sp³-hybridized carbons (Fsp3) is 0.333. The topological polar surface area (TPSA) is 78.4 Å². The van der Waals surface area contributed by atoms with Crippen LogP contribution in [0.3, 0.4) is 0 Å². The Hall–Kier alpha value is -2.82. The van der Waals surface area contributed by atoms with Gasteiger partial charge >= 0.3 is 0 Å². The highest BCUT2D eigenvalue weighted by molar-refractivity contribution is 5.92. The van der Waals surface area contributed by atoms with Gasteiger partial charge in [-0.2, -0.15) is 0 Å². The van der Waals surface area contributed by atoms with Gasteiger partial charge in [0.05, 0.1) is 12.1 Å². The number of phenols is 1. The molecule has 26 heavy (non-hydrogen) atoms. The molecular formula is C21H26N2O3. The number of aromatic hydroxyl groups is 1. The van der Waals surface area contributed by atoms with Crippen LogP contribution in [0, 0.1) is 0 Å². The molecule has 0 aliphatic carbocycles. The van der Waals surface area contributed by atoms with Crippen LogP contribution in [0.2, 0.25) is 0 Å². The number of carbonyl (C=O) groups is 2. The molecule has 2 rings (SSSR count). The van der Waals surface area contributed by atoms with Crippen LogP contribution in [0.4, 0.5) is 5.69 Å². The summed E-state index contributed by atoms with van der Waals surface area (Å²) in [6.07, 6.45) is 0.427. The predicted octanol–water partition coefficient (Wildman–Crippen LogP) is 3.38. The van der Waals surface area contributed by atoms with Crippen molar-refractivity contribution in [2.75, 3.05) is 11.9 Å². The predicted molar refractivity (Wildman–Crippen MR) is 103 cm³/mol. The average Bonchev–Trinajstić information content (AvgIpc) is 2.56. The van der Waals surface area contributed by atoms with E-state index < -0.39 is 0 Å². The number of rotatable bonds is 6. The number of phenolic OH excluding ortho intramolecular Hbond substituents is 1. The van der Waals surface area contributed by atoms with Gasteiger partial charge in [0.15, 0.2) is 0 Å². The van der Waals surface area contributed by atoms with E-state index >= 15 is 0 Å². The summed E-state index contributed by atoms with van der Waals surface area (Å²) in [7, 11) is 0. The van der Waals surface area contributed by atoms with E-state index in [0.717, 1.165) is 11.1 Å². The SMILES string of the molecule is CC(C)(C)c1ccc(O)c(NC(=O)CCNC(=O)Cc2ccccc2)c1. The fourth-order valence-electron chi connectivity index (χ4n) is 2.47. The van der Waals surface area contributed by atoms with Gasteiger partial charge in [0.2, 0.25) is 11.8 Å². The second kappa shape index (κ2) is 8.52. The van der Waals surface area contributed by atoms with E-state index in [-0.39, 0.29) is 42.4 Å². The number of amides is 2. The molecule has 0 spiro atoms. The molecule has 2 aromatic rings. The Kier molecular flexibility index (Phi) is 6.39. The van der Waals surface area contributed by atoms with Gasteiger partial charge in [-0.05, 0) is 28.7 Å². The molecule has 0 aliphatic heterocycles. The molecule has 2 aromatic carbocycles. The third-order valence-electron chi connectivity index (χ3n) is 4.02. The minimum atomic E-state index is -0.258. The zero-order valence-corrected chi connectivity index (χ0v) is 15.5. The van der Waals surface area contributed by atoms with Crippen LogP contribution in [-0.2, 0) is 21.4 Å². The van der Waals surface area contributed by atoms with Crippen LogP contribution in [0.25, 0.3) is 0 Å². The molecule has 5 heteroatoms. The van der Waals surface area contributed by atoms with Crippen LogP contribution in [-0.4, -0.2) is 23.5 Å². The lowest BCUT2D eigenvalue weighted by molar-refractivity contribution is -0.120. The van der Waals surface area contributed by atoms with Gasteiger partial charge < -0.3 is 15.7 Å². The zero-order chi connectivity index (χ0) is 19.2. The molecule has 3 N–H and O–H groups in total. The number of carbonyl (C=O) groups excluding carboxylic acids is 2. The highest BCUT2D eigenvalue weighted by Crippen LogP contribution is 2.30. The van der Waals surface area contributed by atoms with E-state index in [4.69, 9.17) is 0 Å². The molecular weight excluding hydrogens is 328 g/mol. The van der Waals surface area contributed by atoms with Crippen molar-refractivity contribution in [1.29, 1.82) is 0 Å². The maximum atomic E-state index is 12.1. The number of hydrogen-bond acceptors (Lipinski definition) is 3. The van der Waals surface area contributed by atoms with E-state index in [0.29, 0.717) is 5.69 Å². The Morgan fingerprint density at radius 1 is 1.00 bits per heavy atom. The van der Waals surface area contributed by atoms with Gasteiger partial charge in [-0.1, -0.05) is 57.2 Å². The largest absolute Gasteiger partial charge is 0.506 e. The van der Waals surface area contributed by atoms with Crippen molar-refractivity contribution in [3.05, 3.63) is 59.7 Å². The van der Waals surface area contributed by atoms with Crippen LogP contribution >= 0.6 is 0 Å². The molecule has 0 saturated carbocycles. The van der Waals surface area contributed by atoms with Crippen molar-refractivity contribution < 1.29 is 14.7 Å². The molecule has 0 atom stereocenters. The molecule has 0 saturated heterocycles. The Morgan fingerprint density at radius 2 is 1.69 bits per heavy atom. The van der Waals surface area contributed by atoms with E-state index in [1.54, 1.807) is 12.1 Å². The van der Waals surface area contributed by atoms with Gasteiger partial charge in [0, 0.05) is 13.0 Å². The average molecular weight is 354 g/mol. The standard InChI is InChI=1S/C21H26N2O3/c1-21(2,3)16-9-10-18(24)17(14-16)23-19(25)11-12-22-20(26)13-15-7-5-4-6-8-15/h4-10,14,24H,11-13H2,1-3H3,(H,22,26)(H,23,25). The van der Waals surface area contributed by atoms with Crippen LogP contribution in [0.5, 0.6) is 5.75 Å². The number of nitrogens with one attached hydrogen (secondary N) is 2. The smallest absolute Gasteiger partial charge is 0.226 e. The summed E-state index contributed by atoms with van der Waals surface area (Å²) in [6.45, 7) is 6.44. The van der Waals surface area contributed by atoms with Crippen molar-refractivity contribution in [2.45, 2.75) is 39.0 Å². The van der Waals surface area contributed by atoms with Crippen molar-refractivity contribution in [3.8, 4) is 5.75 Å². The van der Waals surface area contributed by atoms with E-state index in [9.17, 15) is 14.7 Å². The number of hydrogen-bond donors (Lipinski definition) is 3. The summed E-state index contributed by atoms with van der Waals surface area (Å²) in [5, 5.41) is 15.4. The monoisotopic (exact) mass is 354 g/mol. The number of benzene rings is 2. The molecule has 0 aromatic heterocycles. The van der Waals surface area contributed by atoms with Gasteiger partial charge in [-0.15, -0.1) is 0 Å². The first-order valence-electron chi connectivity index (χ1n) is 8.69. The summed E-state index contributed by atoms with van der Waals surface area (Å²) in [6, 6.07) is 14.6. The lowest BCUT2D eigenvalue weighted by Crippen LogP contribution is -2.28. The van der Waals surface area contributed by atoms with Crippen molar-refractivity contribution >= 4 is 17.5 Å². The van der Waals surface area contributed by atoms with Gasteiger partial charge in [-0.25, -0.2) is 0 Å². The Morgan fingerprint density at radius 3 is 2.35 bits per heavy atom. The molecule has 0 fully saturated rings. The van der Waals surface area contributed by atoms with Crippen LogP contribution < -0.4 is 10.6 Å². The first kappa shape index (κ1) is 19.5. The second-order valence-electron chi connectivity index (χ2n) is 7.29. The van der Waals surface area contributed by atoms with Crippen molar-refractivity contribution in [1.82, 2.24) is 5.32 Å². The fourth-order valence-corrected chi connectivity index (χ4v) is 2.47. The lowest BCUT2D eigenvalue weighted by atomic mass is 9.87. The molecule has 0 unspecified atom stereocenters. The lowest BCUT2D eigenvalue weighted by Gasteiger charge is -2.20. The van der Waals surface area contributed by atoms with E-state index in [2.05, 4.69) is 31.4 Å². The molecule has 0 aliphatic rings. The summed E-state index contributed by atoms with van der Waals surface area (Å²) in [5.41, 5.74) is 2.25. The Labute approximate surface area is 154 Å².